The molecule has 0 N–H and O–H groups in total. The fourth-order valence-electron chi connectivity index (χ4n) is 3.84. The van der Waals surface area contributed by atoms with Crippen molar-refractivity contribution in [3.63, 3.8) is 0 Å². The molecule has 1 heteroatoms. The maximum Gasteiger partial charge on any atom is 0.0573 e. The Hall–Kier alpha value is -2.28. The predicted octanol–water partition coefficient (Wildman–Crippen LogP) is 4.91. The van der Waals surface area contributed by atoms with Crippen LogP contribution < -0.4 is 0 Å². The summed E-state index contributed by atoms with van der Waals surface area (Å²) in [5.41, 5.74) is 7.26. The van der Waals surface area contributed by atoms with E-state index in [0.29, 0.717) is 0 Å². The van der Waals surface area contributed by atoms with E-state index in [0.717, 1.165) is 19.3 Å². The third-order valence-corrected chi connectivity index (χ3v) is 4.67. The lowest BCUT2D eigenvalue weighted by molar-refractivity contribution is 0.925. The zero-order valence-corrected chi connectivity index (χ0v) is 11.3. The maximum absolute atomic E-state index is 2.52. The van der Waals surface area contributed by atoms with Crippen LogP contribution in [-0.4, -0.2) is 4.57 Å². The molecule has 0 atom stereocenters. The second-order valence-corrected chi connectivity index (χ2v) is 5.76. The van der Waals surface area contributed by atoms with Gasteiger partial charge in [-0.25, -0.2) is 0 Å². The fraction of sp³-hybridized carbons (Fsp3) is 0.158. The van der Waals surface area contributed by atoms with Crippen LogP contribution in [0.5, 0.6) is 0 Å². The Morgan fingerprint density at radius 3 is 2.80 bits per heavy atom. The fourth-order valence-corrected chi connectivity index (χ4v) is 3.84. The van der Waals surface area contributed by atoms with Gasteiger partial charge in [0.15, 0.2) is 0 Å². The molecule has 0 spiro atoms. The van der Waals surface area contributed by atoms with Crippen LogP contribution in [0, 0.1) is 0 Å². The number of aromatic nitrogens is 1. The number of allylic oxidation sites excluding steroid dienone is 4. The molecular formula is C19H15N. The molecule has 0 saturated heterocycles. The van der Waals surface area contributed by atoms with E-state index in [1.165, 1.54) is 38.6 Å². The van der Waals surface area contributed by atoms with E-state index in [9.17, 15) is 0 Å². The van der Waals surface area contributed by atoms with Crippen molar-refractivity contribution >= 4 is 27.5 Å². The summed E-state index contributed by atoms with van der Waals surface area (Å²) in [5.74, 6) is 0. The molecule has 0 radical (unpaired) electrons. The lowest BCUT2D eigenvalue weighted by Gasteiger charge is -2.25. The van der Waals surface area contributed by atoms with Crippen molar-refractivity contribution in [3.05, 3.63) is 65.8 Å². The first-order valence-corrected chi connectivity index (χ1v) is 7.33. The van der Waals surface area contributed by atoms with Crippen molar-refractivity contribution in [3.8, 4) is 0 Å². The van der Waals surface area contributed by atoms with Crippen LogP contribution in [0.25, 0.3) is 27.5 Å². The summed E-state index contributed by atoms with van der Waals surface area (Å²) in [7, 11) is 0. The van der Waals surface area contributed by atoms with Gasteiger partial charge in [0.2, 0.25) is 0 Å². The first-order valence-electron chi connectivity index (χ1n) is 7.33. The summed E-state index contributed by atoms with van der Waals surface area (Å²) >= 11 is 0. The molecule has 1 aliphatic carbocycles. The van der Waals surface area contributed by atoms with Crippen molar-refractivity contribution in [1.82, 2.24) is 4.57 Å². The maximum atomic E-state index is 2.52. The number of nitrogens with zero attached hydrogens (tertiary/aromatic N) is 1. The second kappa shape index (κ2) is 3.63. The lowest BCUT2D eigenvalue weighted by atomic mass is 9.93. The summed E-state index contributed by atoms with van der Waals surface area (Å²) in [5, 5.41) is 2.78. The number of benzene rings is 2. The Bertz CT molecular complexity index is 921. The lowest BCUT2D eigenvalue weighted by Crippen LogP contribution is -2.10. The largest absolute Gasteiger partial charge is 0.312 e. The first-order chi connectivity index (χ1) is 9.93. The van der Waals surface area contributed by atoms with Crippen LogP contribution in [0.15, 0.2) is 60.2 Å². The Balaban J connectivity index is 2.05. The molecule has 1 nitrogen and oxygen atoms in total. The van der Waals surface area contributed by atoms with Crippen LogP contribution in [-0.2, 0) is 6.42 Å². The first kappa shape index (κ1) is 10.5. The van der Waals surface area contributed by atoms with E-state index in [-0.39, 0.29) is 0 Å². The van der Waals surface area contributed by atoms with E-state index in [1.807, 2.05) is 0 Å². The Labute approximate surface area is 117 Å². The van der Waals surface area contributed by atoms with Crippen molar-refractivity contribution < 1.29 is 0 Å². The number of hydrogen-bond acceptors (Lipinski definition) is 0. The molecule has 2 aliphatic rings. The Morgan fingerprint density at radius 2 is 1.80 bits per heavy atom. The SMILES string of the molecule is C1=CC2=C(CC1)n1c3ccccc3c3cccc(c31)C2. The minimum atomic E-state index is 1.08. The van der Waals surface area contributed by atoms with Gasteiger partial charge in [-0.3, -0.25) is 0 Å². The molecule has 2 aromatic carbocycles. The molecule has 3 aromatic rings. The van der Waals surface area contributed by atoms with Gasteiger partial charge in [0.1, 0.15) is 0 Å². The normalized spacial score (nSPS) is 17.0. The Kier molecular flexibility index (Phi) is 1.91. The predicted molar refractivity (Wildman–Crippen MR) is 84.7 cm³/mol. The summed E-state index contributed by atoms with van der Waals surface area (Å²) in [6, 6.07) is 15.6. The standard InChI is InChI=1S/C19H15N/c1-3-10-17-13(6-1)12-14-7-5-9-16-15-8-2-4-11-18(15)20(17)19(14)16/h1-2,4-9,11H,3,10,12H2. The van der Waals surface area contributed by atoms with Crippen LogP contribution in [0.4, 0.5) is 0 Å². The molecule has 0 saturated carbocycles. The highest BCUT2D eigenvalue weighted by Gasteiger charge is 2.23. The van der Waals surface area contributed by atoms with Crippen molar-refractivity contribution in [2.24, 2.45) is 0 Å². The smallest absolute Gasteiger partial charge is 0.0573 e. The molecule has 0 fully saturated rings. The summed E-state index contributed by atoms with van der Waals surface area (Å²) in [4.78, 5) is 0. The highest BCUT2D eigenvalue weighted by atomic mass is 15.0. The van der Waals surface area contributed by atoms with Crippen molar-refractivity contribution in [2.75, 3.05) is 0 Å². The zero-order chi connectivity index (χ0) is 13.1. The topological polar surface area (TPSA) is 4.93 Å². The van der Waals surface area contributed by atoms with E-state index in [4.69, 9.17) is 0 Å². The van der Waals surface area contributed by atoms with Crippen molar-refractivity contribution in [1.29, 1.82) is 0 Å². The van der Waals surface area contributed by atoms with Crippen LogP contribution >= 0.6 is 0 Å². The number of rotatable bonds is 0. The van der Waals surface area contributed by atoms with Crippen molar-refractivity contribution in [2.45, 2.75) is 19.3 Å². The molecule has 2 heterocycles. The summed E-state index contributed by atoms with van der Waals surface area (Å²) < 4.78 is 2.52. The van der Waals surface area contributed by atoms with Gasteiger partial charge >= 0.3 is 0 Å². The van der Waals surface area contributed by atoms with Crippen LogP contribution in [0.2, 0.25) is 0 Å². The third-order valence-electron chi connectivity index (χ3n) is 4.67. The van der Waals surface area contributed by atoms with Crippen LogP contribution in [0.1, 0.15) is 18.4 Å². The van der Waals surface area contributed by atoms with Gasteiger partial charge in [-0.2, -0.15) is 0 Å². The van der Waals surface area contributed by atoms with Gasteiger partial charge in [0.25, 0.3) is 0 Å². The van der Waals surface area contributed by atoms with E-state index >= 15 is 0 Å². The summed E-state index contributed by atoms with van der Waals surface area (Å²) in [6.45, 7) is 0. The molecule has 0 unspecified atom stereocenters. The minimum absolute atomic E-state index is 1.08. The highest BCUT2D eigenvalue weighted by molar-refractivity contribution is 6.12. The molecule has 1 aromatic heterocycles. The Morgan fingerprint density at radius 1 is 0.900 bits per heavy atom. The molecular weight excluding hydrogens is 242 g/mol. The van der Waals surface area contributed by atoms with Gasteiger partial charge in [-0.05, 0) is 30.0 Å². The van der Waals surface area contributed by atoms with E-state index in [1.54, 1.807) is 0 Å². The van der Waals surface area contributed by atoms with E-state index in [2.05, 4.69) is 59.2 Å². The van der Waals surface area contributed by atoms with Crippen LogP contribution in [0.3, 0.4) is 0 Å². The second-order valence-electron chi connectivity index (χ2n) is 5.76. The molecule has 1 aliphatic heterocycles. The molecule has 20 heavy (non-hydrogen) atoms. The molecule has 0 bridgehead atoms. The quantitative estimate of drug-likeness (QED) is 0.539. The summed E-state index contributed by atoms with van der Waals surface area (Å²) in [6.07, 6.45) is 8.05. The monoisotopic (exact) mass is 257 g/mol. The average molecular weight is 257 g/mol. The van der Waals surface area contributed by atoms with Gasteiger partial charge in [-0.1, -0.05) is 48.6 Å². The van der Waals surface area contributed by atoms with E-state index < -0.39 is 0 Å². The number of para-hydroxylation sites is 2. The van der Waals surface area contributed by atoms with Gasteiger partial charge < -0.3 is 4.57 Å². The average Bonchev–Trinajstić information content (AvgIpc) is 2.85. The van der Waals surface area contributed by atoms with Gasteiger partial charge in [-0.15, -0.1) is 0 Å². The zero-order valence-electron chi connectivity index (χ0n) is 11.3. The molecule has 96 valence electrons. The minimum Gasteiger partial charge on any atom is -0.312 e. The van der Waals surface area contributed by atoms with Gasteiger partial charge in [0.05, 0.1) is 11.0 Å². The highest BCUT2D eigenvalue weighted by Crippen LogP contribution is 2.41. The van der Waals surface area contributed by atoms with Gasteiger partial charge in [0, 0.05) is 22.9 Å². The third kappa shape index (κ3) is 1.18. The molecule has 5 rings (SSSR count). The molecule has 0 amide bonds. The number of hydrogen-bond donors (Lipinski definition) is 0. The number of fused-ring (bicyclic) bond motifs is 4.